The van der Waals surface area contributed by atoms with Crippen molar-refractivity contribution in [2.75, 3.05) is 0 Å². The van der Waals surface area contributed by atoms with Crippen molar-refractivity contribution < 1.29 is 4.79 Å². The highest BCUT2D eigenvalue weighted by atomic mass is 16.2. The molecule has 1 amide bonds. The quantitative estimate of drug-likeness (QED) is 0.483. The molecule has 0 bridgehead atoms. The number of aromatic nitrogens is 1. The van der Waals surface area contributed by atoms with E-state index in [4.69, 9.17) is 0 Å². The summed E-state index contributed by atoms with van der Waals surface area (Å²) in [5, 5.41) is 14.8. The first-order valence-electron chi connectivity index (χ1n) is 11.0. The molecule has 2 aliphatic rings. The average molecular weight is 411 g/mol. The zero-order valence-corrected chi connectivity index (χ0v) is 17.7. The van der Waals surface area contributed by atoms with Crippen LogP contribution in [0.2, 0.25) is 0 Å². The zero-order chi connectivity index (χ0) is 21.4. The van der Waals surface area contributed by atoms with Crippen molar-refractivity contribution >= 4 is 23.0 Å². The molecule has 0 radical (unpaired) electrons. The molecular weight excluding hydrogens is 384 g/mol. The van der Waals surface area contributed by atoms with Gasteiger partial charge in [0, 0.05) is 35.1 Å². The molecule has 5 nitrogen and oxygen atoms in total. The highest BCUT2D eigenvalue weighted by molar-refractivity contribution is 5.99. The van der Waals surface area contributed by atoms with Crippen LogP contribution in [-0.2, 0) is 11.3 Å². The molecule has 156 valence electrons. The summed E-state index contributed by atoms with van der Waals surface area (Å²) in [7, 11) is 0. The normalized spacial score (nSPS) is 24.6. The van der Waals surface area contributed by atoms with Gasteiger partial charge in [-0.1, -0.05) is 56.2 Å². The molecule has 0 saturated heterocycles. The Morgan fingerprint density at radius 1 is 1.26 bits per heavy atom. The number of hydrazone groups is 1. The molecule has 5 heteroatoms. The lowest BCUT2D eigenvalue weighted by Gasteiger charge is -2.15. The molecule has 5 rings (SSSR count). The lowest BCUT2D eigenvalue weighted by atomic mass is 9.90. The summed E-state index contributed by atoms with van der Waals surface area (Å²) in [5.74, 6) is 0.687. The van der Waals surface area contributed by atoms with E-state index in [9.17, 15) is 10.1 Å². The first-order valence-corrected chi connectivity index (χ1v) is 11.0. The van der Waals surface area contributed by atoms with Crippen LogP contribution in [0, 0.1) is 28.6 Å². The van der Waals surface area contributed by atoms with Gasteiger partial charge >= 0.3 is 0 Å². The van der Waals surface area contributed by atoms with Crippen LogP contribution in [0.25, 0.3) is 10.9 Å². The maximum atomic E-state index is 12.7. The fraction of sp³-hybridized carbons (Fsp3) is 0.346. The first-order chi connectivity index (χ1) is 15.1. The molecule has 3 aromatic rings. The summed E-state index contributed by atoms with van der Waals surface area (Å²) in [6, 6.07) is 18.1. The lowest BCUT2D eigenvalue weighted by molar-refractivity contribution is -0.123. The van der Waals surface area contributed by atoms with E-state index < -0.39 is 0 Å². The second-order valence-electron chi connectivity index (χ2n) is 9.07. The third-order valence-electron chi connectivity index (χ3n) is 7.29. The van der Waals surface area contributed by atoms with Gasteiger partial charge in [-0.2, -0.15) is 10.4 Å². The Morgan fingerprint density at radius 2 is 2.06 bits per heavy atom. The minimum atomic E-state index is 0.0531. The smallest absolute Gasteiger partial charge is 0.244 e. The van der Waals surface area contributed by atoms with E-state index in [2.05, 4.69) is 40.2 Å². The van der Waals surface area contributed by atoms with Crippen molar-refractivity contribution in [3.63, 3.8) is 0 Å². The number of carbonyl (C=O) groups excluding carboxylic acids is 1. The molecule has 2 fully saturated rings. The van der Waals surface area contributed by atoms with Gasteiger partial charge in [-0.3, -0.25) is 4.79 Å². The maximum absolute atomic E-state index is 12.7. The van der Waals surface area contributed by atoms with Gasteiger partial charge in [0.15, 0.2) is 0 Å². The Morgan fingerprint density at radius 3 is 2.87 bits per heavy atom. The van der Waals surface area contributed by atoms with Crippen LogP contribution in [0.4, 0.5) is 0 Å². The maximum Gasteiger partial charge on any atom is 0.244 e. The average Bonchev–Trinajstić information content (AvgIpc) is 3.29. The number of hydrogen-bond donors (Lipinski definition) is 1. The molecular formula is C26H26N4O. The predicted molar refractivity (Wildman–Crippen MR) is 121 cm³/mol. The fourth-order valence-corrected chi connectivity index (χ4v) is 5.55. The number of para-hydroxylation sites is 1. The van der Waals surface area contributed by atoms with Gasteiger partial charge in [-0.25, -0.2) is 5.43 Å². The number of nitriles is 1. The standard InChI is InChI=1S/C26H26N4O/c1-26-13-7-6-11-22(26)24(26)25(31)29-28-15-20-17-30(23-12-5-4-10-21(20)23)16-19-9-3-2-8-18(19)14-27/h2-5,8-10,12,15,17,22,24H,6-7,11,13,16H2,1H3,(H,29,31)/b28-15-/t22-,24-,26+/m1/s1. The van der Waals surface area contributed by atoms with Crippen LogP contribution >= 0.6 is 0 Å². The second-order valence-corrected chi connectivity index (χ2v) is 9.07. The van der Waals surface area contributed by atoms with Gasteiger partial charge in [-0.05, 0) is 41.9 Å². The predicted octanol–water partition coefficient (Wildman–Crippen LogP) is 4.84. The molecule has 2 saturated carbocycles. The van der Waals surface area contributed by atoms with Crippen LogP contribution in [0.15, 0.2) is 59.8 Å². The van der Waals surface area contributed by atoms with Crippen molar-refractivity contribution in [3.05, 3.63) is 71.4 Å². The van der Waals surface area contributed by atoms with E-state index in [1.807, 2.05) is 42.6 Å². The lowest BCUT2D eigenvalue weighted by Crippen LogP contribution is -2.22. The van der Waals surface area contributed by atoms with Crippen LogP contribution in [0.3, 0.4) is 0 Å². The van der Waals surface area contributed by atoms with Crippen molar-refractivity contribution in [1.82, 2.24) is 9.99 Å². The van der Waals surface area contributed by atoms with Crippen molar-refractivity contribution in [2.24, 2.45) is 22.4 Å². The number of nitrogens with zero attached hydrogens (tertiary/aromatic N) is 3. The summed E-state index contributed by atoms with van der Waals surface area (Å²) in [6.45, 7) is 2.85. The third-order valence-corrected chi connectivity index (χ3v) is 7.29. The molecule has 0 unspecified atom stereocenters. The highest BCUT2D eigenvalue weighted by Crippen LogP contribution is 2.66. The van der Waals surface area contributed by atoms with Gasteiger partial charge in [0.2, 0.25) is 5.91 Å². The summed E-state index contributed by atoms with van der Waals surface area (Å²) in [5.41, 5.74) is 6.66. The van der Waals surface area contributed by atoms with E-state index in [1.165, 1.54) is 12.8 Å². The van der Waals surface area contributed by atoms with Crippen LogP contribution in [-0.4, -0.2) is 16.7 Å². The number of carbonyl (C=O) groups is 1. The van der Waals surface area contributed by atoms with Gasteiger partial charge in [0.25, 0.3) is 0 Å². The number of benzene rings is 2. The van der Waals surface area contributed by atoms with Crippen LogP contribution in [0.1, 0.15) is 49.3 Å². The molecule has 3 atom stereocenters. The van der Waals surface area contributed by atoms with Gasteiger partial charge in [0.05, 0.1) is 17.8 Å². The minimum absolute atomic E-state index is 0.0531. The molecule has 31 heavy (non-hydrogen) atoms. The first kappa shape index (κ1) is 19.6. The van der Waals surface area contributed by atoms with Crippen LogP contribution < -0.4 is 5.43 Å². The highest BCUT2D eigenvalue weighted by Gasteiger charge is 2.64. The van der Waals surface area contributed by atoms with Crippen LogP contribution in [0.5, 0.6) is 0 Å². The van der Waals surface area contributed by atoms with Gasteiger partial charge < -0.3 is 4.57 Å². The van der Waals surface area contributed by atoms with E-state index >= 15 is 0 Å². The number of nitrogens with one attached hydrogen (secondary N) is 1. The largest absolute Gasteiger partial charge is 0.342 e. The topological polar surface area (TPSA) is 70.2 Å². The molecule has 2 aliphatic carbocycles. The summed E-state index contributed by atoms with van der Waals surface area (Å²) >= 11 is 0. The Balaban J connectivity index is 1.36. The summed E-state index contributed by atoms with van der Waals surface area (Å²) < 4.78 is 2.13. The van der Waals surface area contributed by atoms with E-state index in [0.717, 1.165) is 34.9 Å². The number of hydrogen-bond acceptors (Lipinski definition) is 3. The SMILES string of the molecule is C[C@]12CCCC[C@@H]1[C@@H]2C(=O)N/N=C\c1cn(Cc2ccccc2C#N)c2ccccc12. The fourth-order valence-electron chi connectivity index (χ4n) is 5.55. The molecule has 2 aromatic carbocycles. The van der Waals surface area contributed by atoms with Crippen molar-refractivity contribution in [3.8, 4) is 6.07 Å². The number of amides is 1. The second kappa shape index (κ2) is 7.70. The number of fused-ring (bicyclic) bond motifs is 2. The number of rotatable bonds is 5. The Labute approximate surface area is 182 Å². The Hall–Kier alpha value is -3.39. The van der Waals surface area contributed by atoms with E-state index in [1.54, 1.807) is 6.21 Å². The molecule has 1 N–H and O–H groups in total. The zero-order valence-electron chi connectivity index (χ0n) is 17.7. The van der Waals surface area contributed by atoms with E-state index in [0.29, 0.717) is 18.0 Å². The minimum Gasteiger partial charge on any atom is -0.342 e. The summed E-state index contributed by atoms with van der Waals surface area (Å²) in [4.78, 5) is 12.7. The van der Waals surface area contributed by atoms with Crippen molar-refractivity contribution in [2.45, 2.75) is 39.2 Å². The molecule has 1 heterocycles. The van der Waals surface area contributed by atoms with E-state index in [-0.39, 0.29) is 17.2 Å². The third kappa shape index (κ3) is 3.42. The van der Waals surface area contributed by atoms with Gasteiger partial charge in [0.1, 0.15) is 0 Å². The Kier molecular flexibility index (Phi) is 4.86. The van der Waals surface area contributed by atoms with Gasteiger partial charge in [-0.15, -0.1) is 0 Å². The Bertz CT molecular complexity index is 1220. The van der Waals surface area contributed by atoms with Crippen molar-refractivity contribution in [1.29, 1.82) is 5.26 Å². The summed E-state index contributed by atoms with van der Waals surface area (Å²) in [6.07, 6.45) is 8.55. The molecule has 1 aromatic heterocycles. The molecule has 0 aliphatic heterocycles. The monoisotopic (exact) mass is 410 g/mol. The molecule has 0 spiro atoms.